The van der Waals surface area contributed by atoms with Crippen LogP contribution in [0.5, 0.6) is 0 Å². The molecule has 0 radical (unpaired) electrons. The van der Waals surface area contributed by atoms with E-state index < -0.39 is 0 Å². The van der Waals surface area contributed by atoms with Gasteiger partial charge in [0.2, 0.25) is 0 Å². The van der Waals surface area contributed by atoms with Crippen LogP contribution in [0.4, 0.5) is 0 Å². The van der Waals surface area contributed by atoms with Crippen molar-refractivity contribution in [2.24, 2.45) is 0 Å². The summed E-state index contributed by atoms with van der Waals surface area (Å²) in [5.74, 6) is 0. The van der Waals surface area contributed by atoms with Gasteiger partial charge in [-0.2, -0.15) is 5.26 Å². The normalized spacial score (nSPS) is 23.8. The molecule has 0 fully saturated rings. The van der Waals surface area contributed by atoms with Crippen LogP contribution in [0.1, 0.15) is 13.8 Å². The summed E-state index contributed by atoms with van der Waals surface area (Å²) in [5, 5.41) is 12.6. The lowest BCUT2D eigenvalue weighted by molar-refractivity contribution is 0.699. The zero-order valence-electron chi connectivity index (χ0n) is 6.78. The summed E-state index contributed by atoms with van der Waals surface area (Å²) in [7, 11) is 0. The van der Waals surface area contributed by atoms with E-state index in [1.54, 1.807) is 6.92 Å². The Kier molecular flexibility index (Phi) is 2.66. The van der Waals surface area contributed by atoms with Crippen LogP contribution in [0.2, 0.25) is 0 Å². The SMILES string of the molecule is CC1=C(C#N)C(Cl)=C(Cl)C(C)N1. The van der Waals surface area contributed by atoms with Crippen LogP contribution in [0.15, 0.2) is 21.3 Å². The molecule has 2 nitrogen and oxygen atoms in total. The topological polar surface area (TPSA) is 35.8 Å². The molecule has 1 heterocycles. The first-order chi connectivity index (χ1) is 5.57. The highest BCUT2D eigenvalue weighted by Crippen LogP contribution is 2.29. The second-order valence-electron chi connectivity index (χ2n) is 2.64. The van der Waals surface area contributed by atoms with Gasteiger partial charge in [-0.05, 0) is 13.8 Å². The van der Waals surface area contributed by atoms with Crippen molar-refractivity contribution in [1.29, 1.82) is 5.26 Å². The number of nitrogens with zero attached hydrogens (tertiary/aromatic N) is 1. The van der Waals surface area contributed by atoms with E-state index in [4.69, 9.17) is 28.5 Å². The average Bonchev–Trinajstić information content (AvgIpc) is 2.01. The lowest BCUT2D eigenvalue weighted by Gasteiger charge is -2.22. The Morgan fingerprint density at radius 1 is 1.50 bits per heavy atom. The van der Waals surface area contributed by atoms with E-state index in [1.165, 1.54) is 0 Å². The fraction of sp³-hybridized carbons (Fsp3) is 0.375. The number of dihydropyridines is 1. The number of hydrogen-bond acceptors (Lipinski definition) is 2. The van der Waals surface area contributed by atoms with Gasteiger partial charge in [0.1, 0.15) is 6.07 Å². The van der Waals surface area contributed by atoms with Crippen molar-refractivity contribution in [3.8, 4) is 6.07 Å². The van der Waals surface area contributed by atoms with E-state index in [2.05, 4.69) is 5.32 Å². The number of rotatable bonds is 0. The van der Waals surface area contributed by atoms with E-state index in [1.807, 2.05) is 13.0 Å². The van der Waals surface area contributed by atoms with Crippen LogP contribution in [0, 0.1) is 11.3 Å². The minimum atomic E-state index is -0.00346. The molecule has 64 valence electrons. The van der Waals surface area contributed by atoms with Crippen molar-refractivity contribution < 1.29 is 0 Å². The zero-order valence-corrected chi connectivity index (χ0v) is 8.29. The molecule has 0 bridgehead atoms. The molecule has 0 aliphatic carbocycles. The monoisotopic (exact) mass is 202 g/mol. The van der Waals surface area contributed by atoms with Gasteiger partial charge in [-0.3, -0.25) is 0 Å². The predicted octanol–water partition coefficient (Wildman–Crippen LogP) is 2.46. The predicted molar refractivity (Wildman–Crippen MR) is 49.6 cm³/mol. The Hall–Kier alpha value is -0.650. The molecule has 1 rings (SSSR count). The van der Waals surface area contributed by atoms with Gasteiger partial charge in [-0.15, -0.1) is 0 Å². The van der Waals surface area contributed by atoms with Crippen LogP contribution in [-0.2, 0) is 0 Å². The zero-order chi connectivity index (χ0) is 9.30. The molecule has 12 heavy (non-hydrogen) atoms. The molecule has 0 aromatic carbocycles. The first-order valence-corrected chi connectivity index (χ1v) is 4.26. The summed E-state index contributed by atoms with van der Waals surface area (Å²) < 4.78 is 0. The van der Waals surface area contributed by atoms with E-state index in [9.17, 15) is 0 Å². The molecule has 0 spiro atoms. The largest absolute Gasteiger partial charge is 0.380 e. The second-order valence-corrected chi connectivity index (χ2v) is 3.42. The molecule has 1 aliphatic rings. The van der Waals surface area contributed by atoms with Crippen LogP contribution in [0.25, 0.3) is 0 Å². The third-order valence-electron chi connectivity index (χ3n) is 1.73. The van der Waals surface area contributed by atoms with Crippen LogP contribution >= 0.6 is 23.2 Å². The number of allylic oxidation sites excluding steroid dienone is 3. The van der Waals surface area contributed by atoms with Gasteiger partial charge >= 0.3 is 0 Å². The number of nitriles is 1. The molecular weight excluding hydrogens is 195 g/mol. The number of hydrogen-bond donors (Lipinski definition) is 1. The lowest BCUT2D eigenvalue weighted by Crippen LogP contribution is -2.29. The minimum absolute atomic E-state index is 0.00346. The van der Waals surface area contributed by atoms with Gasteiger partial charge in [0.15, 0.2) is 0 Å². The molecule has 0 saturated heterocycles. The van der Waals surface area contributed by atoms with E-state index >= 15 is 0 Å². The average molecular weight is 203 g/mol. The summed E-state index contributed by atoms with van der Waals surface area (Å²) in [5.41, 5.74) is 1.21. The Bertz CT molecular complexity index is 310. The van der Waals surface area contributed by atoms with Crippen LogP contribution in [0.3, 0.4) is 0 Å². The minimum Gasteiger partial charge on any atom is -0.380 e. The van der Waals surface area contributed by atoms with Crippen molar-refractivity contribution in [3.63, 3.8) is 0 Å². The standard InChI is InChI=1S/C8H8Cl2N2/c1-4-6(3-11)8(10)7(9)5(2)12-4/h5,12H,1-2H3. The highest BCUT2D eigenvalue weighted by molar-refractivity contribution is 6.41. The van der Waals surface area contributed by atoms with Crippen molar-refractivity contribution in [2.75, 3.05) is 0 Å². The first kappa shape index (κ1) is 9.44. The lowest BCUT2D eigenvalue weighted by atomic mass is 10.1. The quantitative estimate of drug-likeness (QED) is 0.656. The van der Waals surface area contributed by atoms with E-state index in [0.717, 1.165) is 5.70 Å². The summed E-state index contributed by atoms with van der Waals surface area (Å²) >= 11 is 11.7. The highest BCUT2D eigenvalue weighted by atomic mass is 35.5. The maximum atomic E-state index is 8.71. The summed E-state index contributed by atoms with van der Waals surface area (Å²) in [6.07, 6.45) is 0. The first-order valence-electron chi connectivity index (χ1n) is 3.51. The number of nitrogens with one attached hydrogen (secondary N) is 1. The van der Waals surface area contributed by atoms with Gasteiger partial charge < -0.3 is 5.32 Å². The molecule has 0 amide bonds. The summed E-state index contributed by atoms with van der Waals surface area (Å²) in [6.45, 7) is 3.70. The van der Waals surface area contributed by atoms with Gasteiger partial charge in [0, 0.05) is 5.70 Å². The van der Waals surface area contributed by atoms with Gasteiger partial charge in [0.05, 0.1) is 21.7 Å². The second kappa shape index (κ2) is 3.38. The third-order valence-corrected chi connectivity index (χ3v) is 2.73. The molecule has 1 aliphatic heterocycles. The van der Waals surface area contributed by atoms with Crippen molar-refractivity contribution in [3.05, 3.63) is 21.3 Å². The Morgan fingerprint density at radius 2 is 2.08 bits per heavy atom. The van der Waals surface area contributed by atoms with Gasteiger partial charge in [-0.1, -0.05) is 23.2 Å². The fourth-order valence-electron chi connectivity index (χ4n) is 1.07. The molecule has 4 heteroatoms. The van der Waals surface area contributed by atoms with E-state index in [-0.39, 0.29) is 6.04 Å². The number of halogens is 2. The van der Waals surface area contributed by atoms with Crippen molar-refractivity contribution in [2.45, 2.75) is 19.9 Å². The summed E-state index contributed by atoms with van der Waals surface area (Å²) in [4.78, 5) is 0. The van der Waals surface area contributed by atoms with E-state index in [0.29, 0.717) is 15.6 Å². The van der Waals surface area contributed by atoms with Gasteiger partial charge in [0.25, 0.3) is 0 Å². The molecule has 0 aromatic rings. The maximum absolute atomic E-state index is 8.71. The van der Waals surface area contributed by atoms with Crippen LogP contribution in [-0.4, -0.2) is 6.04 Å². The molecule has 1 atom stereocenters. The molecule has 0 aromatic heterocycles. The maximum Gasteiger partial charge on any atom is 0.103 e. The Morgan fingerprint density at radius 3 is 2.58 bits per heavy atom. The molecular formula is C8H8Cl2N2. The van der Waals surface area contributed by atoms with Gasteiger partial charge in [-0.25, -0.2) is 0 Å². The van der Waals surface area contributed by atoms with Crippen molar-refractivity contribution in [1.82, 2.24) is 5.32 Å². The summed E-state index contributed by atoms with van der Waals surface area (Å²) in [6, 6.07) is 1.99. The third kappa shape index (κ3) is 1.43. The molecule has 1 N–H and O–H groups in total. The van der Waals surface area contributed by atoms with Crippen molar-refractivity contribution >= 4 is 23.2 Å². The Balaban J connectivity index is 3.18. The molecule has 0 saturated carbocycles. The van der Waals surface area contributed by atoms with Crippen LogP contribution < -0.4 is 5.32 Å². The smallest absolute Gasteiger partial charge is 0.103 e. The Labute approximate surface area is 81.5 Å². The molecule has 1 unspecified atom stereocenters. The fourth-order valence-corrected chi connectivity index (χ4v) is 1.56. The highest BCUT2D eigenvalue weighted by Gasteiger charge is 2.21.